The molecule has 160 valence electrons. The van der Waals surface area contributed by atoms with E-state index in [4.69, 9.17) is 16.6 Å². The highest BCUT2D eigenvalue weighted by atomic mass is 35.5. The molecule has 0 fully saturated rings. The maximum absolute atomic E-state index is 13.4. The second-order valence-electron chi connectivity index (χ2n) is 7.72. The zero-order valence-electron chi connectivity index (χ0n) is 17.8. The Labute approximate surface area is 193 Å². The minimum Gasteiger partial charge on any atom is -0.288 e. The number of halogens is 1. The van der Waals surface area contributed by atoms with Gasteiger partial charge in [0.05, 0.1) is 22.3 Å². The van der Waals surface area contributed by atoms with E-state index in [9.17, 15) is 4.79 Å². The molecule has 3 aromatic heterocycles. The van der Waals surface area contributed by atoms with Crippen molar-refractivity contribution in [3.63, 3.8) is 0 Å². The van der Waals surface area contributed by atoms with Crippen molar-refractivity contribution in [2.24, 2.45) is 0 Å². The number of aryl methyl sites for hydroxylation is 3. The third-order valence-corrected chi connectivity index (χ3v) is 6.70. The van der Waals surface area contributed by atoms with Crippen molar-refractivity contribution in [3.8, 4) is 5.69 Å². The first-order valence-corrected chi connectivity index (χ1v) is 11.5. The van der Waals surface area contributed by atoms with E-state index in [-0.39, 0.29) is 5.56 Å². The lowest BCUT2D eigenvalue weighted by molar-refractivity contribution is 0.819. The highest BCUT2D eigenvalue weighted by Gasteiger charge is 2.15. The van der Waals surface area contributed by atoms with Crippen molar-refractivity contribution in [1.82, 2.24) is 23.9 Å². The Balaban J connectivity index is 1.60. The molecule has 0 aliphatic rings. The summed E-state index contributed by atoms with van der Waals surface area (Å²) < 4.78 is 3.60. The van der Waals surface area contributed by atoms with E-state index >= 15 is 0 Å². The molecule has 0 aliphatic heterocycles. The number of fused-ring (bicyclic) bond motifs is 2. The van der Waals surface area contributed by atoms with Gasteiger partial charge < -0.3 is 0 Å². The molecule has 0 saturated carbocycles. The zero-order valence-corrected chi connectivity index (χ0v) is 19.4. The lowest BCUT2D eigenvalue weighted by Gasteiger charge is -2.13. The fourth-order valence-electron chi connectivity index (χ4n) is 3.68. The van der Waals surface area contributed by atoms with E-state index in [1.54, 1.807) is 16.7 Å². The minimum absolute atomic E-state index is 0.124. The number of rotatable bonds is 4. The lowest BCUT2D eigenvalue weighted by Crippen LogP contribution is -2.21. The quantitative estimate of drug-likeness (QED) is 0.268. The van der Waals surface area contributed by atoms with Crippen molar-refractivity contribution in [2.45, 2.75) is 31.7 Å². The molecule has 5 aromatic rings. The van der Waals surface area contributed by atoms with Crippen LogP contribution in [-0.2, 0) is 5.75 Å². The van der Waals surface area contributed by atoms with E-state index in [1.165, 1.54) is 11.8 Å². The Morgan fingerprint density at radius 3 is 2.62 bits per heavy atom. The molecule has 0 unspecified atom stereocenters. The van der Waals surface area contributed by atoms with Crippen LogP contribution >= 0.6 is 23.4 Å². The van der Waals surface area contributed by atoms with Crippen LogP contribution in [-0.4, -0.2) is 23.9 Å². The van der Waals surface area contributed by atoms with Gasteiger partial charge in [-0.3, -0.25) is 13.8 Å². The Kier molecular flexibility index (Phi) is 5.23. The summed E-state index contributed by atoms with van der Waals surface area (Å²) in [5.41, 5.74) is 5.06. The van der Waals surface area contributed by atoms with Gasteiger partial charge >= 0.3 is 0 Å². The van der Waals surface area contributed by atoms with Crippen LogP contribution in [0.3, 0.4) is 0 Å². The molecule has 0 saturated heterocycles. The smallest absolute Gasteiger partial charge is 0.266 e. The topological polar surface area (TPSA) is 65.1 Å². The van der Waals surface area contributed by atoms with Gasteiger partial charge in [0, 0.05) is 28.4 Å². The van der Waals surface area contributed by atoms with Gasteiger partial charge in [0.25, 0.3) is 5.56 Å². The zero-order chi connectivity index (χ0) is 22.4. The molecule has 0 N–H and O–H groups in total. The Hall–Kier alpha value is -3.16. The fraction of sp³-hybridized carbons (Fsp3) is 0.167. The normalized spacial score (nSPS) is 11.5. The number of nitrogens with zero attached hydrogens (tertiary/aromatic N) is 5. The first kappa shape index (κ1) is 20.7. The summed E-state index contributed by atoms with van der Waals surface area (Å²) in [5, 5.41) is 1.76. The van der Waals surface area contributed by atoms with Gasteiger partial charge in [0.1, 0.15) is 0 Å². The summed E-state index contributed by atoms with van der Waals surface area (Å²) in [5.74, 6) is 1.22. The highest BCUT2D eigenvalue weighted by Crippen LogP contribution is 2.26. The molecule has 2 aromatic carbocycles. The van der Waals surface area contributed by atoms with E-state index in [2.05, 4.69) is 9.97 Å². The van der Waals surface area contributed by atoms with Crippen LogP contribution in [0, 0.1) is 20.8 Å². The number of benzene rings is 2. The van der Waals surface area contributed by atoms with Crippen molar-refractivity contribution in [3.05, 3.63) is 92.7 Å². The Bertz CT molecular complexity index is 1560. The van der Waals surface area contributed by atoms with Gasteiger partial charge in [-0.05, 0) is 56.7 Å². The van der Waals surface area contributed by atoms with Crippen LogP contribution in [0.15, 0.2) is 64.7 Å². The molecule has 0 atom stereocenters. The van der Waals surface area contributed by atoms with Crippen molar-refractivity contribution in [2.75, 3.05) is 0 Å². The van der Waals surface area contributed by atoms with Crippen molar-refractivity contribution >= 4 is 40.0 Å². The van der Waals surface area contributed by atoms with Crippen molar-refractivity contribution < 1.29 is 0 Å². The second-order valence-corrected chi connectivity index (χ2v) is 9.07. The molecule has 0 radical (unpaired) electrons. The Morgan fingerprint density at radius 2 is 1.81 bits per heavy atom. The van der Waals surface area contributed by atoms with Gasteiger partial charge in [0.15, 0.2) is 5.16 Å². The van der Waals surface area contributed by atoms with E-state index in [1.807, 2.05) is 67.8 Å². The maximum atomic E-state index is 13.4. The fourth-order valence-corrected chi connectivity index (χ4v) is 4.76. The van der Waals surface area contributed by atoms with Crippen LogP contribution < -0.4 is 5.56 Å². The summed E-state index contributed by atoms with van der Waals surface area (Å²) in [6.07, 6.45) is 1.98. The predicted octanol–water partition coefficient (Wildman–Crippen LogP) is 5.30. The Morgan fingerprint density at radius 1 is 1.00 bits per heavy atom. The van der Waals surface area contributed by atoms with Gasteiger partial charge in [0.2, 0.25) is 5.78 Å². The largest absolute Gasteiger partial charge is 0.288 e. The first-order valence-electron chi connectivity index (χ1n) is 10.1. The van der Waals surface area contributed by atoms with Crippen molar-refractivity contribution in [1.29, 1.82) is 0 Å². The summed E-state index contributed by atoms with van der Waals surface area (Å²) in [7, 11) is 0. The molecule has 0 aliphatic carbocycles. The first-order chi connectivity index (χ1) is 15.4. The molecule has 32 heavy (non-hydrogen) atoms. The van der Waals surface area contributed by atoms with E-state index < -0.39 is 0 Å². The summed E-state index contributed by atoms with van der Waals surface area (Å²) in [6, 6.07) is 15.0. The van der Waals surface area contributed by atoms with Crippen LogP contribution in [0.4, 0.5) is 0 Å². The van der Waals surface area contributed by atoms with E-state index in [0.29, 0.717) is 38.3 Å². The molecule has 6 nitrogen and oxygen atoms in total. The molecule has 3 heterocycles. The standard InChI is InChI=1S/C24H20ClN5OS/c1-14-8-9-18(11-20(14)25)30-22(31)19-6-4-5-7-21(19)28-24(30)32-13-17-12-29-16(3)10-15(2)26-23(29)27-17/h4-12H,13H2,1-3H3. The SMILES string of the molecule is Cc1cc(C)n2cc(CSc3nc4ccccc4c(=O)n3-c3ccc(C)c(Cl)c3)nc2n1. The molecular formula is C24H20ClN5OS. The lowest BCUT2D eigenvalue weighted by atomic mass is 10.2. The highest BCUT2D eigenvalue weighted by molar-refractivity contribution is 7.98. The maximum Gasteiger partial charge on any atom is 0.266 e. The number of hydrogen-bond donors (Lipinski definition) is 0. The van der Waals surface area contributed by atoms with Gasteiger partial charge in [-0.1, -0.05) is 41.6 Å². The van der Waals surface area contributed by atoms with Crippen LogP contribution in [0.1, 0.15) is 22.6 Å². The molecular weight excluding hydrogens is 442 g/mol. The molecule has 0 spiro atoms. The second kappa shape index (κ2) is 8.07. The summed E-state index contributed by atoms with van der Waals surface area (Å²) in [4.78, 5) is 27.4. The number of thioether (sulfide) groups is 1. The monoisotopic (exact) mass is 461 g/mol. The minimum atomic E-state index is -0.124. The summed E-state index contributed by atoms with van der Waals surface area (Å²) >= 11 is 7.83. The van der Waals surface area contributed by atoms with E-state index in [0.717, 1.165) is 22.6 Å². The number of hydrogen-bond acceptors (Lipinski definition) is 5. The summed E-state index contributed by atoms with van der Waals surface area (Å²) in [6.45, 7) is 5.93. The average Bonchev–Trinajstić information content (AvgIpc) is 3.18. The third kappa shape index (κ3) is 3.67. The van der Waals surface area contributed by atoms with Gasteiger partial charge in [-0.2, -0.15) is 0 Å². The van der Waals surface area contributed by atoms with Crippen LogP contribution in [0.5, 0.6) is 0 Å². The predicted molar refractivity (Wildman–Crippen MR) is 129 cm³/mol. The number of aromatic nitrogens is 5. The third-order valence-electron chi connectivity index (χ3n) is 5.32. The molecule has 8 heteroatoms. The van der Waals surface area contributed by atoms with Crippen LogP contribution in [0.2, 0.25) is 5.02 Å². The molecule has 5 rings (SSSR count). The van der Waals surface area contributed by atoms with Crippen LogP contribution in [0.25, 0.3) is 22.4 Å². The van der Waals surface area contributed by atoms with Gasteiger partial charge in [-0.25, -0.2) is 15.0 Å². The number of para-hydroxylation sites is 1. The molecule has 0 bridgehead atoms. The number of imidazole rings is 1. The molecule has 0 amide bonds. The van der Waals surface area contributed by atoms with Gasteiger partial charge in [-0.15, -0.1) is 0 Å². The average molecular weight is 462 g/mol.